The molecule has 0 aromatic carbocycles. The molecule has 1 saturated heterocycles. The summed E-state index contributed by atoms with van der Waals surface area (Å²) >= 11 is 2.46. The quantitative estimate of drug-likeness (QED) is 0.417. The maximum absolute atomic E-state index is 6.35. The molecule has 1 atom stereocenters. The van der Waals surface area contributed by atoms with Crippen LogP contribution in [0.3, 0.4) is 0 Å². The maximum atomic E-state index is 6.35. The molecule has 2 aliphatic rings. The lowest BCUT2D eigenvalue weighted by Gasteiger charge is -2.33. The Bertz CT molecular complexity index is 229. The first-order chi connectivity index (χ1) is 8.85. The zero-order valence-electron chi connectivity index (χ0n) is 11.6. The van der Waals surface area contributed by atoms with Crippen LogP contribution in [0.2, 0.25) is 0 Å². The zero-order chi connectivity index (χ0) is 12.7. The van der Waals surface area contributed by atoms with Crippen LogP contribution in [0, 0.1) is 0 Å². The molecule has 1 unspecified atom stereocenters. The van der Waals surface area contributed by atoms with Crippen molar-refractivity contribution in [3.8, 4) is 0 Å². The van der Waals surface area contributed by atoms with Crippen LogP contribution in [-0.2, 0) is 4.74 Å². The van der Waals surface area contributed by atoms with Crippen LogP contribution in [0.1, 0.15) is 64.2 Å². The van der Waals surface area contributed by atoms with Gasteiger partial charge in [0.1, 0.15) is 0 Å². The summed E-state index contributed by atoms with van der Waals surface area (Å²) in [7, 11) is 0. The Labute approximate surface area is 126 Å². The minimum Gasteiger partial charge on any atom is -0.370 e. The van der Waals surface area contributed by atoms with Gasteiger partial charge in [-0.3, -0.25) is 0 Å². The monoisotopic (exact) mass is 365 g/mol. The third kappa shape index (κ3) is 4.64. The topological polar surface area (TPSA) is 21.3 Å². The lowest BCUT2D eigenvalue weighted by atomic mass is 9.83. The van der Waals surface area contributed by atoms with E-state index in [-0.39, 0.29) is 0 Å². The standard InChI is InChI=1S/C15H28INO/c16-11-5-2-6-12-17-13-14-7-10-15(18-14)8-3-1-4-9-15/h14,17H,1-13H2. The van der Waals surface area contributed by atoms with Gasteiger partial charge < -0.3 is 10.1 Å². The summed E-state index contributed by atoms with van der Waals surface area (Å²) in [5.41, 5.74) is 0.297. The number of unbranched alkanes of at least 4 members (excludes halogenated alkanes) is 2. The Balaban J connectivity index is 1.55. The Morgan fingerprint density at radius 3 is 2.67 bits per heavy atom. The van der Waals surface area contributed by atoms with E-state index in [1.54, 1.807) is 0 Å². The molecule has 3 heteroatoms. The Morgan fingerprint density at radius 2 is 1.89 bits per heavy atom. The summed E-state index contributed by atoms with van der Waals surface area (Å²) in [5, 5.41) is 3.58. The van der Waals surface area contributed by atoms with Gasteiger partial charge in [-0.25, -0.2) is 0 Å². The van der Waals surface area contributed by atoms with Gasteiger partial charge in [0.25, 0.3) is 0 Å². The van der Waals surface area contributed by atoms with Crippen molar-refractivity contribution in [1.82, 2.24) is 5.32 Å². The number of alkyl halides is 1. The van der Waals surface area contributed by atoms with Crippen LogP contribution in [0.4, 0.5) is 0 Å². The van der Waals surface area contributed by atoms with E-state index in [4.69, 9.17) is 4.74 Å². The first-order valence-electron chi connectivity index (χ1n) is 7.79. The van der Waals surface area contributed by atoms with Gasteiger partial charge in [-0.05, 0) is 49.5 Å². The molecule has 0 amide bonds. The number of halogens is 1. The largest absolute Gasteiger partial charge is 0.370 e. The molecule has 0 bridgehead atoms. The van der Waals surface area contributed by atoms with Gasteiger partial charge in [0, 0.05) is 6.54 Å². The van der Waals surface area contributed by atoms with E-state index in [1.807, 2.05) is 0 Å². The summed E-state index contributed by atoms with van der Waals surface area (Å²) in [5.74, 6) is 0. The van der Waals surface area contributed by atoms with E-state index >= 15 is 0 Å². The molecule has 18 heavy (non-hydrogen) atoms. The third-order valence-electron chi connectivity index (χ3n) is 4.46. The van der Waals surface area contributed by atoms with Crippen LogP contribution >= 0.6 is 22.6 Å². The highest BCUT2D eigenvalue weighted by molar-refractivity contribution is 14.1. The van der Waals surface area contributed by atoms with Crippen LogP contribution in [-0.4, -0.2) is 29.2 Å². The first-order valence-corrected chi connectivity index (χ1v) is 9.32. The number of rotatable bonds is 7. The van der Waals surface area contributed by atoms with Crippen molar-refractivity contribution in [2.75, 3.05) is 17.5 Å². The van der Waals surface area contributed by atoms with Crippen molar-refractivity contribution in [3.05, 3.63) is 0 Å². The van der Waals surface area contributed by atoms with E-state index in [0.717, 1.165) is 6.54 Å². The minimum absolute atomic E-state index is 0.297. The minimum atomic E-state index is 0.297. The van der Waals surface area contributed by atoms with Gasteiger partial charge in [0.15, 0.2) is 0 Å². The van der Waals surface area contributed by atoms with E-state index in [0.29, 0.717) is 11.7 Å². The molecule has 1 N–H and O–H groups in total. The van der Waals surface area contributed by atoms with Crippen LogP contribution in [0.5, 0.6) is 0 Å². The third-order valence-corrected chi connectivity index (χ3v) is 5.23. The molecule has 1 spiro atoms. The molecule has 0 aromatic heterocycles. The molecule has 1 saturated carbocycles. The highest BCUT2D eigenvalue weighted by atomic mass is 127. The van der Waals surface area contributed by atoms with Crippen molar-refractivity contribution in [1.29, 1.82) is 0 Å². The van der Waals surface area contributed by atoms with Gasteiger partial charge in [0.05, 0.1) is 11.7 Å². The summed E-state index contributed by atoms with van der Waals surface area (Å²) < 4.78 is 7.65. The van der Waals surface area contributed by atoms with Crippen LogP contribution in [0.25, 0.3) is 0 Å². The van der Waals surface area contributed by atoms with Gasteiger partial charge in [-0.2, -0.15) is 0 Å². The van der Waals surface area contributed by atoms with E-state index in [2.05, 4.69) is 27.9 Å². The smallest absolute Gasteiger partial charge is 0.0708 e. The molecule has 0 radical (unpaired) electrons. The predicted octanol–water partition coefficient (Wildman–Crippen LogP) is 4.06. The Hall–Kier alpha value is 0.650. The highest BCUT2D eigenvalue weighted by Crippen LogP contribution is 2.41. The molecule has 106 valence electrons. The number of hydrogen-bond donors (Lipinski definition) is 1. The first kappa shape index (κ1) is 15.0. The normalized spacial score (nSPS) is 26.8. The lowest BCUT2D eigenvalue weighted by Crippen LogP contribution is -2.34. The summed E-state index contributed by atoms with van der Waals surface area (Å²) in [6.45, 7) is 2.25. The second-order valence-electron chi connectivity index (χ2n) is 5.98. The maximum Gasteiger partial charge on any atom is 0.0708 e. The van der Waals surface area contributed by atoms with Crippen molar-refractivity contribution >= 4 is 22.6 Å². The molecule has 1 aliphatic heterocycles. The average Bonchev–Trinajstić information content (AvgIpc) is 2.78. The fourth-order valence-corrected chi connectivity index (χ4v) is 3.93. The molecular formula is C15H28INO. The summed E-state index contributed by atoms with van der Waals surface area (Å²) in [6.07, 6.45) is 14.0. The second-order valence-corrected chi connectivity index (χ2v) is 7.05. The van der Waals surface area contributed by atoms with Gasteiger partial charge in [-0.15, -0.1) is 0 Å². The predicted molar refractivity (Wildman–Crippen MR) is 85.5 cm³/mol. The number of ether oxygens (including phenoxy) is 1. The average molecular weight is 365 g/mol. The van der Waals surface area contributed by atoms with E-state index < -0.39 is 0 Å². The molecule has 2 fully saturated rings. The molecular weight excluding hydrogens is 337 g/mol. The molecule has 1 aliphatic carbocycles. The molecule has 1 heterocycles. The van der Waals surface area contributed by atoms with Crippen molar-refractivity contribution in [3.63, 3.8) is 0 Å². The SMILES string of the molecule is ICCCCCNCC1CCC2(CCCCC2)O1. The molecule has 0 aromatic rings. The summed E-state index contributed by atoms with van der Waals surface area (Å²) in [4.78, 5) is 0. The zero-order valence-corrected chi connectivity index (χ0v) is 13.7. The fraction of sp³-hybridized carbons (Fsp3) is 1.00. The number of nitrogens with one attached hydrogen (secondary N) is 1. The highest BCUT2D eigenvalue weighted by Gasteiger charge is 2.40. The molecule has 2 nitrogen and oxygen atoms in total. The Kier molecular flexibility index (Phi) is 6.73. The van der Waals surface area contributed by atoms with E-state index in [9.17, 15) is 0 Å². The lowest BCUT2D eigenvalue weighted by molar-refractivity contribution is -0.0623. The summed E-state index contributed by atoms with van der Waals surface area (Å²) in [6, 6.07) is 0. The number of hydrogen-bond acceptors (Lipinski definition) is 2. The van der Waals surface area contributed by atoms with Crippen molar-refractivity contribution < 1.29 is 4.74 Å². The Morgan fingerprint density at radius 1 is 1.06 bits per heavy atom. The van der Waals surface area contributed by atoms with Gasteiger partial charge in [0.2, 0.25) is 0 Å². The van der Waals surface area contributed by atoms with Crippen LogP contribution in [0.15, 0.2) is 0 Å². The second kappa shape index (κ2) is 8.05. The fourth-order valence-electron chi connectivity index (χ4n) is 3.39. The van der Waals surface area contributed by atoms with Crippen molar-refractivity contribution in [2.24, 2.45) is 0 Å². The molecule has 2 rings (SSSR count). The van der Waals surface area contributed by atoms with Gasteiger partial charge in [-0.1, -0.05) is 48.3 Å². The van der Waals surface area contributed by atoms with Gasteiger partial charge >= 0.3 is 0 Å². The van der Waals surface area contributed by atoms with Crippen LogP contribution < -0.4 is 5.32 Å². The van der Waals surface area contributed by atoms with E-state index in [1.165, 1.54) is 75.2 Å². The van der Waals surface area contributed by atoms with Crippen molar-refractivity contribution in [2.45, 2.75) is 75.9 Å².